The number of nitrogens with zero attached hydrogens (tertiary/aromatic N) is 1. The minimum atomic E-state index is 0.181. The number of likely N-dealkylation sites (N-methyl/N-ethyl adjacent to an activating group) is 1. The number of hydrogen-bond donors (Lipinski definition) is 2. The number of benzene rings is 1. The van der Waals surface area contributed by atoms with E-state index in [4.69, 9.17) is 4.74 Å². The van der Waals surface area contributed by atoms with Crippen LogP contribution in [0.15, 0.2) is 18.2 Å². The highest BCUT2D eigenvalue weighted by Crippen LogP contribution is 2.33. The van der Waals surface area contributed by atoms with Crippen molar-refractivity contribution in [3.8, 4) is 11.5 Å². The molecule has 20 heavy (non-hydrogen) atoms. The van der Waals surface area contributed by atoms with Gasteiger partial charge < -0.3 is 15.2 Å². The van der Waals surface area contributed by atoms with Crippen LogP contribution in [0.3, 0.4) is 0 Å². The van der Waals surface area contributed by atoms with Gasteiger partial charge >= 0.3 is 0 Å². The summed E-state index contributed by atoms with van der Waals surface area (Å²) in [5, 5.41) is 13.6. The topological polar surface area (TPSA) is 44.7 Å². The van der Waals surface area contributed by atoms with Gasteiger partial charge in [0.15, 0.2) is 0 Å². The molecule has 1 fully saturated rings. The summed E-state index contributed by atoms with van der Waals surface area (Å²) in [6.07, 6.45) is 2.44. The number of nitrogens with one attached hydrogen (secondary N) is 1. The highest BCUT2D eigenvalue weighted by molar-refractivity contribution is 5.41. The predicted octanol–water partition coefficient (Wildman–Crippen LogP) is 2.54. The lowest BCUT2D eigenvalue weighted by Crippen LogP contribution is -2.46. The number of phenolic OH excluding ortho intramolecular Hbond substituents is 1. The molecular formula is C16H26N2O2. The van der Waals surface area contributed by atoms with Gasteiger partial charge in [0, 0.05) is 24.2 Å². The molecule has 0 saturated carbocycles. The summed E-state index contributed by atoms with van der Waals surface area (Å²) < 4.78 is 5.28. The fourth-order valence-corrected chi connectivity index (χ4v) is 3.14. The van der Waals surface area contributed by atoms with E-state index in [-0.39, 0.29) is 6.04 Å². The maximum Gasteiger partial charge on any atom is 0.120 e. The molecule has 1 heterocycles. The minimum absolute atomic E-state index is 0.181. The van der Waals surface area contributed by atoms with Crippen molar-refractivity contribution in [3.63, 3.8) is 0 Å². The molecule has 1 aromatic rings. The monoisotopic (exact) mass is 278 g/mol. The SMILES string of the molecule is CCN(C1CCCNC1)C(C)c1cc(OC)ccc1O. The van der Waals surface area contributed by atoms with E-state index < -0.39 is 0 Å². The third-order valence-electron chi connectivity index (χ3n) is 4.29. The smallest absolute Gasteiger partial charge is 0.120 e. The van der Waals surface area contributed by atoms with Crippen molar-refractivity contribution in [3.05, 3.63) is 23.8 Å². The van der Waals surface area contributed by atoms with Crippen LogP contribution in [0.2, 0.25) is 0 Å². The van der Waals surface area contributed by atoms with Gasteiger partial charge in [-0.05, 0) is 51.1 Å². The van der Waals surface area contributed by atoms with E-state index in [0.717, 1.165) is 30.9 Å². The Kier molecular flexibility index (Phi) is 5.26. The van der Waals surface area contributed by atoms with Gasteiger partial charge in [-0.1, -0.05) is 6.92 Å². The maximum atomic E-state index is 10.1. The molecule has 0 aromatic heterocycles. The number of methoxy groups -OCH3 is 1. The number of aromatic hydroxyl groups is 1. The Morgan fingerprint density at radius 1 is 1.50 bits per heavy atom. The molecule has 1 aliphatic heterocycles. The molecule has 2 atom stereocenters. The Hall–Kier alpha value is -1.26. The first-order chi connectivity index (χ1) is 9.67. The summed E-state index contributed by atoms with van der Waals surface area (Å²) in [6, 6.07) is 6.18. The lowest BCUT2D eigenvalue weighted by Gasteiger charge is -2.38. The van der Waals surface area contributed by atoms with Crippen molar-refractivity contribution in [2.45, 2.75) is 38.8 Å². The molecule has 1 aliphatic rings. The molecule has 1 aromatic carbocycles. The van der Waals surface area contributed by atoms with E-state index >= 15 is 0 Å². The maximum absolute atomic E-state index is 10.1. The van der Waals surface area contributed by atoms with Gasteiger partial charge in [-0.3, -0.25) is 4.90 Å². The van der Waals surface area contributed by atoms with Gasteiger partial charge in [-0.2, -0.15) is 0 Å². The number of phenols is 1. The summed E-state index contributed by atoms with van der Waals surface area (Å²) >= 11 is 0. The lowest BCUT2D eigenvalue weighted by molar-refractivity contribution is 0.126. The highest BCUT2D eigenvalue weighted by Gasteiger charge is 2.26. The molecule has 0 aliphatic carbocycles. The van der Waals surface area contributed by atoms with Crippen LogP contribution in [0.5, 0.6) is 11.5 Å². The summed E-state index contributed by atoms with van der Waals surface area (Å²) in [7, 11) is 1.66. The molecule has 0 radical (unpaired) electrons. The van der Waals surface area contributed by atoms with Crippen molar-refractivity contribution in [2.75, 3.05) is 26.7 Å². The van der Waals surface area contributed by atoms with E-state index in [1.54, 1.807) is 19.2 Å². The molecular weight excluding hydrogens is 252 g/mol. The first-order valence-electron chi connectivity index (χ1n) is 7.50. The van der Waals surface area contributed by atoms with Crippen LogP contribution in [0.1, 0.15) is 38.3 Å². The highest BCUT2D eigenvalue weighted by atomic mass is 16.5. The summed E-state index contributed by atoms with van der Waals surface area (Å²) in [5.41, 5.74) is 0.941. The summed E-state index contributed by atoms with van der Waals surface area (Å²) in [5.74, 6) is 1.14. The minimum Gasteiger partial charge on any atom is -0.508 e. The third kappa shape index (κ3) is 3.25. The van der Waals surface area contributed by atoms with Gasteiger partial charge in [0.2, 0.25) is 0 Å². The molecule has 4 heteroatoms. The predicted molar refractivity (Wildman–Crippen MR) is 81.3 cm³/mol. The molecule has 2 unspecified atom stereocenters. The molecule has 2 rings (SSSR count). The number of piperidine rings is 1. The van der Waals surface area contributed by atoms with E-state index in [2.05, 4.69) is 24.1 Å². The molecule has 2 N–H and O–H groups in total. The molecule has 4 nitrogen and oxygen atoms in total. The quantitative estimate of drug-likeness (QED) is 0.869. The second-order valence-corrected chi connectivity index (χ2v) is 5.43. The number of hydrogen-bond acceptors (Lipinski definition) is 4. The average molecular weight is 278 g/mol. The standard InChI is InChI=1S/C16H26N2O2/c1-4-18(13-6-5-9-17-11-13)12(2)15-10-14(20-3)7-8-16(15)19/h7-8,10,12-13,17,19H,4-6,9,11H2,1-3H3. The van der Waals surface area contributed by atoms with Crippen LogP contribution in [0.4, 0.5) is 0 Å². The Morgan fingerprint density at radius 3 is 2.90 bits per heavy atom. The molecule has 0 amide bonds. The molecule has 112 valence electrons. The van der Waals surface area contributed by atoms with Crippen LogP contribution < -0.4 is 10.1 Å². The third-order valence-corrected chi connectivity index (χ3v) is 4.29. The van der Waals surface area contributed by atoms with Crippen molar-refractivity contribution in [2.24, 2.45) is 0 Å². The molecule has 0 spiro atoms. The lowest BCUT2D eigenvalue weighted by atomic mass is 9.99. The van der Waals surface area contributed by atoms with Gasteiger partial charge in [-0.25, -0.2) is 0 Å². The van der Waals surface area contributed by atoms with Crippen molar-refractivity contribution < 1.29 is 9.84 Å². The van der Waals surface area contributed by atoms with Crippen LogP contribution in [0, 0.1) is 0 Å². The summed E-state index contributed by atoms with van der Waals surface area (Å²) in [4.78, 5) is 2.46. The zero-order chi connectivity index (χ0) is 14.5. The van der Waals surface area contributed by atoms with Crippen molar-refractivity contribution in [1.82, 2.24) is 10.2 Å². The number of rotatable bonds is 5. The van der Waals surface area contributed by atoms with Gasteiger partial charge in [0.1, 0.15) is 11.5 Å². The van der Waals surface area contributed by atoms with E-state index in [9.17, 15) is 5.11 Å². The fourth-order valence-electron chi connectivity index (χ4n) is 3.14. The Balaban J connectivity index is 2.20. The van der Waals surface area contributed by atoms with Crippen LogP contribution in [-0.2, 0) is 0 Å². The van der Waals surface area contributed by atoms with Gasteiger partial charge in [0.05, 0.1) is 7.11 Å². The van der Waals surface area contributed by atoms with Crippen LogP contribution in [0.25, 0.3) is 0 Å². The zero-order valence-electron chi connectivity index (χ0n) is 12.7. The summed E-state index contributed by atoms with van der Waals surface area (Å²) in [6.45, 7) is 7.47. The Labute approximate surface area is 121 Å². The second-order valence-electron chi connectivity index (χ2n) is 5.43. The normalized spacial score (nSPS) is 20.9. The molecule has 0 bridgehead atoms. The van der Waals surface area contributed by atoms with Crippen LogP contribution >= 0.6 is 0 Å². The number of ether oxygens (including phenoxy) is 1. The first-order valence-corrected chi connectivity index (χ1v) is 7.50. The largest absolute Gasteiger partial charge is 0.508 e. The fraction of sp³-hybridized carbons (Fsp3) is 0.625. The molecule has 1 saturated heterocycles. The second kappa shape index (κ2) is 6.95. The van der Waals surface area contributed by atoms with E-state index in [0.29, 0.717) is 11.8 Å². The van der Waals surface area contributed by atoms with Crippen molar-refractivity contribution in [1.29, 1.82) is 0 Å². The van der Waals surface area contributed by atoms with Crippen LogP contribution in [-0.4, -0.2) is 42.8 Å². The first kappa shape index (κ1) is 15.1. The van der Waals surface area contributed by atoms with E-state index in [1.165, 1.54) is 12.8 Å². The van der Waals surface area contributed by atoms with Gasteiger partial charge in [-0.15, -0.1) is 0 Å². The Morgan fingerprint density at radius 2 is 2.30 bits per heavy atom. The average Bonchev–Trinajstić information content (AvgIpc) is 2.49. The zero-order valence-corrected chi connectivity index (χ0v) is 12.7. The van der Waals surface area contributed by atoms with E-state index in [1.807, 2.05) is 6.07 Å². The van der Waals surface area contributed by atoms with Crippen molar-refractivity contribution >= 4 is 0 Å². The van der Waals surface area contributed by atoms with Gasteiger partial charge in [0.25, 0.3) is 0 Å². The Bertz CT molecular complexity index is 430.